The second-order valence-electron chi connectivity index (χ2n) is 6.18. The van der Waals surface area contributed by atoms with Crippen LogP contribution in [0.25, 0.3) is 0 Å². The lowest BCUT2D eigenvalue weighted by molar-refractivity contribution is -0.123. The third-order valence-corrected chi connectivity index (χ3v) is 3.96. The van der Waals surface area contributed by atoms with Gasteiger partial charge in [-0.3, -0.25) is 10.1 Å². The van der Waals surface area contributed by atoms with E-state index in [1.54, 1.807) is 7.11 Å². The minimum Gasteiger partial charge on any atom is -0.497 e. The molecule has 0 bridgehead atoms. The van der Waals surface area contributed by atoms with Gasteiger partial charge in [-0.2, -0.15) is 0 Å². The van der Waals surface area contributed by atoms with Crippen LogP contribution < -0.4 is 15.4 Å². The van der Waals surface area contributed by atoms with Gasteiger partial charge < -0.3 is 10.1 Å². The second kappa shape index (κ2) is 6.94. The van der Waals surface area contributed by atoms with E-state index < -0.39 is 0 Å². The number of carbonyl (C=O) groups is 1. The van der Waals surface area contributed by atoms with Gasteiger partial charge >= 0.3 is 0 Å². The maximum absolute atomic E-state index is 12.1. The first-order valence-electron chi connectivity index (χ1n) is 7.71. The Morgan fingerprint density at radius 1 is 1.38 bits per heavy atom. The number of methoxy groups -OCH3 is 1. The molecule has 0 heterocycles. The van der Waals surface area contributed by atoms with Crippen LogP contribution in [-0.4, -0.2) is 25.6 Å². The number of nitrogens with one attached hydrogen (secondary N) is 2. The predicted octanol–water partition coefficient (Wildman–Crippen LogP) is 2.43. The molecule has 4 nitrogen and oxygen atoms in total. The van der Waals surface area contributed by atoms with Gasteiger partial charge in [-0.05, 0) is 48.9 Å². The summed E-state index contributed by atoms with van der Waals surface area (Å²) in [5.41, 5.74) is 2.61. The van der Waals surface area contributed by atoms with E-state index in [-0.39, 0.29) is 18.0 Å². The molecule has 0 saturated heterocycles. The third kappa shape index (κ3) is 3.97. The van der Waals surface area contributed by atoms with Gasteiger partial charge in [-0.15, -0.1) is 0 Å². The van der Waals surface area contributed by atoms with E-state index in [9.17, 15) is 4.79 Å². The number of hydrogen-bond acceptors (Lipinski definition) is 3. The van der Waals surface area contributed by atoms with Gasteiger partial charge in [0.1, 0.15) is 5.75 Å². The molecule has 1 aromatic rings. The van der Waals surface area contributed by atoms with Crippen molar-refractivity contribution in [1.29, 1.82) is 0 Å². The Morgan fingerprint density at radius 3 is 2.81 bits per heavy atom. The average Bonchev–Trinajstić information content (AvgIpc) is 2.86. The monoisotopic (exact) mass is 290 g/mol. The fourth-order valence-corrected chi connectivity index (χ4v) is 2.72. The van der Waals surface area contributed by atoms with Crippen molar-refractivity contribution in [3.8, 4) is 5.75 Å². The van der Waals surface area contributed by atoms with Crippen molar-refractivity contribution in [2.24, 2.45) is 5.92 Å². The van der Waals surface area contributed by atoms with E-state index in [2.05, 4.69) is 36.6 Å². The van der Waals surface area contributed by atoms with E-state index in [4.69, 9.17) is 4.74 Å². The smallest absolute Gasteiger partial charge is 0.236 e. The quantitative estimate of drug-likeness (QED) is 0.846. The lowest BCUT2D eigenvalue weighted by Crippen LogP contribution is -2.44. The highest BCUT2D eigenvalue weighted by Gasteiger charge is 2.26. The topological polar surface area (TPSA) is 50.4 Å². The molecule has 1 aromatic carbocycles. The Labute approximate surface area is 127 Å². The molecule has 21 heavy (non-hydrogen) atoms. The zero-order chi connectivity index (χ0) is 15.4. The molecule has 0 saturated carbocycles. The molecule has 1 aliphatic carbocycles. The Hall–Kier alpha value is -1.55. The number of benzene rings is 1. The summed E-state index contributed by atoms with van der Waals surface area (Å²) < 4.78 is 5.30. The predicted molar refractivity (Wildman–Crippen MR) is 84.5 cm³/mol. The largest absolute Gasteiger partial charge is 0.497 e. The molecule has 2 unspecified atom stereocenters. The molecule has 2 rings (SSSR count). The van der Waals surface area contributed by atoms with Gasteiger partial charge in [-0.1, -0.05) is 19.9 Å². The van der Waals surface area contributed by atoms with Crippen molar-refractivity contribution in [3.63, 3.8) is 0 Å². The van der Waals surface area contributed by atoms with Crippen LogP contribution in [0.2, 0.25) is 0 Å². The van der Waals surface area contributed by atoms with E-state index in [0.717, 1.165) is 25.1 Å². The van der Waals surface area contributed by atoms with Crippen LogP contribution in [0.4, 0.5) is 0 Å². The highest BCUT2D eigenvalue weighted by atomic mass is 16.5. The molecule has 0 aliphatic heterocycles. The summed E-state index contributed by atoms with van der Waals surface area (Å²) in [6.07, 6.45) is 2.08. The molecule has 2 N–H and O–H groups in total. The molecule has 4 heteroatoms. The summed E-state index contributed by atoms with van der Waals surface area (Å²) in [5, 5.41) is 6.42. The summed E-state index contributed by atoms with van der Waals surface area (Å²) in [6, 6.07) is 6.25. The highest BCUT2D eigenvalue weighted by molar-refractivity contribution is 5.81. The number of rotatable bonds is 6. The Kier molecular flexibility index (Phi) is 5.23. The Bertz CT molecular complexity index is 500. The van der Waals surface area contributed by atoms with Crippen molar-refractivity contribution < 1.29 is 9.53 Å². The molecule has 1 amide bonds. The Balaban J connectivity index is 1.97. The van der Waals surface area contributed by atoms with Crippen molar-refractivity contribution in [2.45, 2.75) is 45.7 Å². The van der Waals surface area contributed by atoms with E-state index >= 15 is 0 Å². The second-order valence-corrected chi connectivity index (χ2v) is 6.18. The molecule has 0 fully saturated rings. The standard InChI is InChI=1S/C17H26N2O2/c1-11(2)10-18-17(20)12(3)19-16-8-6-13-5-7-14(21-4)9-15(13)16/h5,7,9,11-12,16,19H,6,8,10H2,1-4H3,(H,18,20). The lowest BCUT2D eigenvalue weighted by Gasteiger charge is -2.20. The van der Waals surface area contributed by atoms with Crippen LogP contribution in [0, 0.1) is 5.92 Å². The fourth-order valence-electron chi connectivity index (χ4n) is 2.72. The summed E-state index contributed by atoms with van der Waals surface area (Å²) in [6.45, 7) is 6.84. The number of ether oxygens (including phenoxy) is 1. The van der Waals surface area contributed by atoms with Gasteiger partial charge in [0.2, 0.25) is 5.91 Å². The van der Waals surface area contributed by atoms with Gasteiger partial charge in [-0.25, -0.2) is 0 Å². The van der Waals surface area contributed by atoms with Gasteiger partial charge in [0.15, 0.2) is 0 Å². The maximum Gasteiger partial charge on any atom is 0.236 e. The molecule has 0 aromatic heterocycles. The zero-order valence-corrected chi connectivity index (χ0v) is 13.4. The maximum atomic E-state index is 12.1. The Morgan fingerprint density at radius 2 is 2.14 bits per heavy atom. The van der Waals surface area contributed by atoms with Crippen LogP contribution in [0.15, 0.2) is 18.2 Å². The molecule has 0 radical (unpaired) electrons. The fraction of sp³-hybridized carbons (Fsp3) is 0.588. The SMILES string of the molecule is COc1ccc2c(c1)C(NC(C)C(=O)NCC(C)C)CC2. The number of amides is 1. The third-order valence-electron chi connectivity index (χ3n) is 3.96. The van der Waals surface area contributed by atoms with Crippen molar-refractivity contribution in [2.75, 3.05) is 13.7 Å². The number of aryl methyl sites for hydroxylation is 1. The summed E-state index contributed by atoms with van der Waals surface area (Å²) in [4.78, 5) is 12.1. The molecule has 116 valence electrons. The van der Waals surface area contributed by atoms with E-state index in [0.29, 0.717) is 5.92 Å². The zero-order valence-electron chi connectivity index (χ0n) is 13.4. The first-order chi connectivity index (χ1) is 10.0. The van der Waals surface area contributed by atoms with Crippen molar-refractivity contribution >= 4 is 5.91 Å². The van der Waals surface area contributed by atoms with Crippen LogP contribution in [0.1, 0.15) is 44.4 Å². The molecule has 1 aliphatic rings. The van der Waals surface area contributed by atoms with Crippen LogP contribution in [0.3, 0.4) is 0 Å². The summed E-state index contributed by atoms with van der Waals surface area (Å²) >= 11 is 0. The van der Waals surface area contributed by atoms with Crippen molar-refractivity contribution in [1.82, 2.24) is 10.6 Å². The molecule has 2 atom stereocenters. The number of fused-ring (bicyclic) bond motifs is 1. The number of hydrogen-bond donors (Lipinski definition) is 2. The first-order valence-corrected chi connectivity index (χ1v) is 7.71. The van der Waals surface area contributed by atoms with Gasteiger partial charge in [0.25, 0.3) is 0 Å². The summed E-state index contributed by atoms with van der Waals surface area (Å²) in [7, 11) is 1.68. The van der Waals surface area contributed by atoms with Gasteiger partial charge in [0.05, 0.1) is 13.2 Å². The lowest BCUT2D eigenvalue weighted by atomic mass is 10.1. The molecule has 0 spiro atoms. The first kappa shape index (κ1) is 15.8. The van der Waals surface area contributed by atoms with Crippen LogP contribution in [0.5, 0.6) is 5.75 Å². The van der Waals surface area contributed by atoms with E-state index in [1.165, 1.54) is 11.1 Å². The van der Waals surface area contributed by atoms with Crippen LogP contribution in [-0.2, 0) is 11.2 Å². The normalized spacial score (nSPS) is 18.4. The summed E-state index contributed by atoms with van der Waals surface area (Å²) in [5.74, 6) is 1.41. The van der Waals surface area contributed by atoms with E-state index in [1.807, 2.05) is 13.0 Å². The van der Waals surface area contributed by atoms with Gasteiger partial charge in [0, 0.05) is 12.6 Å². The average molecular weight is 290 g/mol. The van der Waals surface area contributed by atoms with Crippen molar-refractivity contribution in [3.05, 3.63) is 29.3 Å². The number of carbonyl (C=O) groups excluding carboxylic acids is 1. The van der Waals surface area contributed by atoms with Crippen LogP contribution >= 0.6 is 0 Å². The molecular formula is C17H26N2O2. The minimum atomic E-state index is -0.189. The highest BCUT2D eigenvalue weighted by Crippen LogP contribution is 2.33. The minimum absolute atomic E-state index is 0.0695. The molecular weight excluding hydrogens is 264 g/mol.